The highest BCUT2D eigenvalue weighted by Gasteiger charge is 2.07. The van der Waals surface area contributed by atoms with Crippen molar-refractivity contribution in [2.75, 3.05) is 6.61 Å². The smallest absolute Gasteiger partial charge is 0.277 e. The number of hydrazone groups is 1. The van der Waals surface area contributed by atoms with Gasteiger partial charge in [-0.3, -0.25) is 9.78 Å². The summed E-state index contributed by atoms with van der Waals surface area (Å²) in [6.45, 7) is 0.226. The van der Waals surface area contributed by atoms with Crippen LogP contribution in [0, 0.1) is 0 Å². The zero-order valence-electron chi connectivity index (χ0n) is 19.2. The largest absolute Gasteiger partial charge is 0.488 e. The van der Waals surface area contributed by atoms with Crippen molar-refractivity contribution in [3.05, 3.63) is 113 Å². The van der Waals surface area contributed by atoms with E-state index >= 15 is 0 Å². The fraction of sp³-hybridized carbons (Fsp3) is 0.0690. The molecule has 1 heterocycles. The highest BCUT2D eigenvalue weighted by molar-refractivity contribution is 9.10. The number of ether oxygens (including phenoxy) is 2. The molecule has 36 heavy (non-hydrogen) atoms. The van der Waals surface area contributed by atoms with Crippen molar-refractivity contribution < 1.29 is 14.3 Å². The second kappa shape index (κ2) is 11.0. The van der Waals surface area contributed by atoms with Crippen molar-refractivity contribution in [1.29, 1.82) is 0 Å². The van der Waals surface area contributed by atoms with Gasteiger partial charge in [0.2, 0.25) is 0 Å². The molecule has 0 unspecified atom stereocenters. The third kappa shape index (κ3) is 5.70. The molecule has 6 nitrogen and oxygen atoms in total. The molecular formula is C29H22BrN3O3. The normalized spacial score (nSPS) is 11.1. The molecule has 0 aliphatic rings. The number of rotatable bonds is 8. The maximum absolute atomic E-state index is 12.3. The van der Waals surface area contributed by atoms with Gasteiger partial charge < -0.3 is 9.47 Å². The number of carbonyl (C=O) groups is 1. The number of para-hydroxylation sites is 1. The average molecular weight is 540 g/mol. The molecule has 4 aromatic carbocycles. The molecular weight excluding hydrogens is 518 g/mol. The van der Waals surface area contributed by atoms with Crippen molar-refractivity contribution in [3.63, 3.8) is 0 Å². The molecule has 0 aliphatic heterocycles. The third-order valence-corrected chi connectivity index (χ3v) is 6.02. The van der Waals surface area contributed by atoms with Crippen molar-refractivity contribution in [2.24, 2.45) is 5.10 Å². The Kier molecular flexibility index (Phi) is 7.19. The number of nitrogens with zero attached hydrogens (tertiary/aromatic N) is 2. The van der Waals surface area contributed by atoms with Crippen LogP contribution in [0.25, 0.3) is 21.7 Å². The first-order chi connectivity index (χ1) is 17.7. The monoisotopic (exact) mass is 539 g/mol. The highest BCUT2D eigenvalue weighted by Crippen LogP contribution is 2.24. The zero-order chi connectivity index (χ0) is 24.7. The fourth-order valence-electron chi connectivity index (χ4n) is 3.78. The summed E-state index contributed by atoms with van der Waals surface area (Å²) in [5, 5.41) is 7.39. The van der Waals surface area contributed by atoms with Gasteiger partial charge in [-0.15, -0.1) is 0 Å². The van der Waals surface area contributed by atoms with E-state index in [1.54, 1.807) is 18.5 Å². The van der Waals surface area contributed by atoms with E-state index in [0.717, 1.165) is 21.0 Å². The number of amides is 1. The van der Waals surface area contributed by atoms with Crippen LogP contribution in [-0.4, -0.2) is 23.7 Å². The number of benzene rings is 4. The molecule has 0 radical (unpaired) electrons. The topological polar surface area (TPSA) is 72.8 Å². The molecule has 1 N–H and O–H groups in total. The number of nitrogens with one attached hydrogen (secondary N) is 1. The lowest BCUT2D eigenvalue weighted by atomic mass is 10.1. The lowest BCUT2D eigenvalue weighted by Crippen LogP contribution is -2.24. The number of fused-ring (bicyclic) bond motifs is 2. The minimum atomic E-state index is -0.382. The van der Waals surface area contributed by atoms with Crippen LogP contribution in [0.15, 0.2) is 107 Å². The van der Waals surface area contributed by atoms with Crippen LogP contribution in [0.4, 0.5) is 0 Å². The number of halogens is 1. The maximum Gasteiger partial charge on any atom is 0.277 e. The Labute approximate surface area is 216 Å². The van der Waals surface area contributed by atoms with E-state index in [9.17, 15) is 4.79 Å². The van der Waals surface area contributed by atoms with Gasteiger partial charge in [0.05, 0.1) is 6.21 Å². The van der Waals surface area contributed by atoms with E-state index in [0.29, 0.717) is 23.6 Å². The van der Waals surface area contributed by atoms with Gasteiger partial charge in [-0.1, -0.05) is 70.5 Å². The second-order valence-electron chi connectivity index (χ2n) is 8.07. The molecule has 0 aliphatic carbocycles. The maximum atomic E-state index is 12.3. The van der Waals surface area contributed by atoms with E-state index in [2.05, 4.69) is 61.8 Å². The standard InChI is InChI=1S/C29H22BrN3O3/c30-25-12-13-26(35-18-20-10-11-21-5-1-2-6-23(21)15-20)24(16-25)17-32-33-28(34)19-36-27-9-3-7-22-8-4-14-31-29(22)27/h1-17H,18-19H2,(H,33,34)/b32-17+. The summed E-state index contributed by atoms with van der Waals surface area (Å²) in [5.41, 5.74) is 5.00. The summed E-state index contributed by atoms with van der Waals surface area (Å²) in [6.07, 6.45) is 3.25. The van der Waals surface area contributed by atoms with Crippen LogP contribution in [0.2, 0.25) is 0 Å². The number of hydrogen-bond donors (Lipinski definition) is 1. The van der Waals surface area contributed by atoms with Gasteiger partial charge >= 0.3 is 0 Å². The molecule has 7 heteroatoms. The number of hydrogen-bond acceptors (Lipinski definition) is 5. The van der Waals surface area contributed by atoms with Crippen LogP contribution in [0.1, 0.15) is 11.1 Å². The van der Waals surface area contributed by atoms with Crippen molar-refractivity contribution >= 4 is 49.7 Å². The summed E-state index contributed by atoms with van der Waals surface area (Å²) >= 11 is 3.48. The fourth-order valence-corrected chi connectivity index (χ4v) is 4.16. The van der Waals surface area contributed by atoms with E-state index in [1.807, 2.05) is 54.6 Å². The first kappa shape index (κ1) is 23.5. The first-order valence-corrected chi connectivity index (χ1v) is 12.1. The Morgan fingerprint density at radius 3 is 2.61 bits per heavy atom. The summed E-state index contributed by atoms with van der Waals surface area (Å²) in [6, 6.07) is 29.5. The first-order valence-electron chi connectivity index (χ1n) is 11.3. The van der Waals surface area contributed by atoms with Gasteiger partial charge in [-0.05, 0) is 52.7 Å². The third-order valence-electron chi connectivity index (χ3n) is 5.53. The summed E-state index contributed by atoms with van der Waals surface area (Å²) in [7, 11) is 0. The lowest BCUT2D eigenvalue weighted by Gasteiger charge is -2.10. The predicted molar refractivity (Wildman–Crippen MR) is 145 cm³/mol. The SMILES string of the molecule is O=C(COc1cccc2cccnc12)N/N=C/c1cc(Br)ccc1OCc1ccc2ccccc2c1. The van der Waals surface area contributed by atoms with Crippen LogP contribution < -0.4 is 14.9 Å². The minimum absolute atomic E-state index is 0.184. The zero-order valence-corrected chi connectivity index (χ0v) is 20.8. The van der Waals surface area contributed by atoms with E-state index in [4.69, 9.17) is 9.47 Å². The van der Waals surface area contributed by atoms with Gasteiger partial charge in [0.15, 0.2) is 6.61 Å². The van der Waals surface area contributed by atoms with Crippen molar-refractivity contribution in [2.45, 2.75) is 6.61 Å². The second-order valence-corrected chi connectivity index (χ2v) is 8.98. The Balaban J connectivity index is 1.21. The van der Waals surface area contributed by atoms with E-state index in [1.165, 1.54) is 10.8 Å². The molecule has 5 rings (SSSR count). The number of carbonyl (C=O) groups excluding carboxylic acids is 1. The quantitative estimate of drug-likeness (QED) is 0.186. The molecule has 1 amide bonds. The number of pyridine rings is 1. The molecule has 0 atom stereocenters. The number of aromatic nitrogens is 1. The lowest BCUT2D eigenvalue weighted by molar-refractivity contribution is -0.123. The van der Waals surface area contributed by atoms with E-state index in [-0.39, 0.29) is 12.5 Å². The molecule has 5 aromatic rings. The van der Waals surface area contributed by atoms with Crippen molar-refractivity contribution in [1.82, 2.24) is 10.4 Å². The van der Waals surface area contributed by atoms with E-state index < -0.39 is 0 Å². The van der Waals surface area contributed by atoms with Crippen LogP contribution in [0.5, 0.6) is 11.5 Å². The molecule has 0 fully saturated rings. The van der Waals surface area contributed by atoms with Gasteiger partial charge in [-0.25, -0.2) is 5.43 Å². The molecule has 0 bridgehead atoms. The molecule has 1 aromatic heterocycles. The summed E-state index contributed by atoms with van der Waals surface area (Å²) in [4.78, 5) is 16.6. The Morgan fingerprint density at radius 2 is 1.69 bits per heavy atom. The molecule has 0 saturated heterocycles. The van der Waals surface area contributed by atoms with Crippen LogP contribution in [-0.2, 0) is 11.4 Å². The van der Waals surface area contributed by atoms with Gasteiger partial charge in [0.1, 0.15) is 23.6 Å². The Bertz CT molecular complexity index is 1560. The molecule has 0 spiro atoms. The molecule has 178 valence electrons. The Morgan fingerprint density at radius 1 is 0.861 bits per heavy atom. The Hall–Kier alpha value is -4.23. The van der Waals surface area contributed by atoms with Gasteiger partial charge in [0, 0.05) is 21.6 Å². The van der Waals surface area contributed by atoms with Crippen LogP contribution in [0.3, 0.4) is 0 Å². The van der Waals surface area contributed by atoms with Gasteiger partial charge in [-0.2, -0.15) is 5.10 Å². The molecule has 0 saturated carbocycles. The predicted octanol–water partition coefficient (Wildman–Crippen LogP) is 6.26. The summed E-state index contributed by atoms with van der Waals surface area (Å²) < 4.78 is 12.6. The minimum Gasteiger partial charge on any atom is -0.488 e. The highest BCUT2D eigenvalue weighted by atomic mass is 79.9. The van der Waals surface area contributed by atoms with Gasteiger partial charge in [0.25, 0.3) is 5.91 Å². The summed E-state index contributed by atoms with van der Waals surface area (Å²) in [5.74, 6) is 0.818. The average Bonchev–Trinajstić information content (AvgIpc) is 2.91. The van der Waals surface area contributed by atoms with Crippen molar-refractivity contribution in [3.8, 4) is 11.5 Å². The van der Waals surface area contributed by atoms with Crippen LogP contribution >= 0.6 is 15.9 Å².